The maximum atomic E-state index is 14.3. The second kappa shape index (κ2) is 8.10. The summed E-state index contributed by atoms with van der Waals surface area (Å²) in [5.41, 5.74) is 0.479. The van der Waals surface area contributed by atoms with Gasteiger partial charge in [0.2, 0.25) is 0 Å². The van der Waals surface area contributed by atoms with Crippen LogP contribution < -0.4 is 5.32 Å². The zero-order valence-electron chi connectivity index (χ0n) is 16.9. The highest BCUT2D eigenvalue weighted by Gasteiger charge is 2.30. The molecule has 0 aliphatic carbocycles. The van der Waals surface area contributed by atoms with Crippen molar-refractivity contribution in [2.75, 3.05) is 25.5 Å². The van der Waals surface area contributed by atoms with Gasteiger partial charge in [-0.25, -0.2) is 14.4 Å². The van der Waals surface area contributed by atoms with Gasteiger partial charge in [-0.15, -0.1) is 0 Å². The molecule has 1 saturated heterocycles. The fraction of sp³-hybridized carbons (Fsp3) is 0.273. The number of halogens is 2. The van der Waals surface area contributed by atoms with Crippen molar-refractivity contribution in [1.82, 2.24) is 14.9 Å². The number of aromatic nitrogens is 2. The molecule has 0 amide bonds. The predicted octanol–water partition coefficient (Wildman–Crippen LogP) is 4.77. The molecular formula is C22H19ClFN5O2. The Morgan fingerprint density at radius 3 is 2.87 bits per heavy atom. The Morgan fingerprint density at radius 2 is 2.16 bits per heavy atom. The van der Waals surface area contributed by atoms with E-state index in [9.17, 15) is 14.5 Å². The van der Waals surface area contributed by atoms with E-state index in [0.29, 0.717) is 10.9 Å². The minimum Gasteiger partial charge on any atom is -0.337 e. The summed E-state index contributed by atoms with van der Waals surface area (Å²) in [6.45, 7) is 3.80. The molecule has 1 fully saturated rings. The van der Waals surface area contributed by atoms with Crippen molar-refractivity contribution >= 4 is 39.7 Å². The number of likely N-dealkylation sites (tertiary alicyclic amines) is 1. The second-order valence-electron chi connectivity index (χ2n) is 7.89. The van der Waals surface area contributed by atoms with Crippen molar-refractivity contribution in [3.63, 3.8) is 0 Å². The van der Waals surface area contributed by atoms with Gasteiger partial charge in [0, 0.05) is 23.4 Å². The zero-order chi connectivity index (χ0) is 22.2. The van der Waals surface area contributed by atoms with Crippen LogP contribution in [-0.4, -0.2) is 39.9 Å². The normalized spacial score (nSPS) is 18.6. The Labute approximate surface area is 183 Å². The van der Waals surface area contributed by atoms with Gasteiger partial charge in [0.05, 0.1) is 21.2 Å². The summed E-state index contributed by atoms with van der Waals surface area (Å²) in [6.07, 6.45) is 2.21. The third-order valence-electron chi connectivity index (χ3n) is 5.32. The van der Waals surface area contributed by atoms with Gasteiger partial charge in [0.25, 0.3) is 5.69 Å². The maximum absolute atomic E-state index is 14.3. The van der Waals surface area contributed by atoms with E-state index in [1.54, 1.807) is 12.1 Å². The molecule has 2 aromatic carbocycles. The quantitative estimate of drug-likeness (QED) is 0.359. The van der Waals surface area contributed by atoms with Gasteiger partial charge < -0.3 is 10.2 Å². The van der Waals surface area contributed by atoms with Crippen LogP contribution in [0.3, 0.4) is 0 Å². The van der Waals surface area contributed by atoms with Gasteiger partial charge in [-0.3, -0.25) is 10.1 Å². The van der Waals surface area contributed by atoms with E-state index in [4.69, 9.17) is 11.6 Å². The number of benzene rings is 2. The molecule has 3 aromatic rings. The number of hydrogen-bond acceptors (Lipinski definition) is 6. The van der Waals surface area contributed by atoms with Gasteiger partial charge in [-0.05, 0) is 45.1 Å². The molecule has 1 aliphatic heterocycles. The van der Waals surface area contributed by atoms with Crippen LogP contribution in [0.15, 0.2) is 36.7 Å². The molecule has 9 heteroatoms. The highest BCUT2D eigenvalue weighted by molar-refractivity contribution is 6.31. The molecule has 1 N–H and O–H groups in total. The van der Waals surface area contributed by atoms with E-state index < -0.39 is 10.7 Å². The van der Waals surface area contributed by atoms with Crippen molar-refractivity contribution in [2.45, 2.75) is 13.3 Å². The van der Waals surface area contributed by atoms with Crippen LogP contribution in [0.25, 0.3) is 10.9 Å². The summed E-state index contributed by atoms with van der Waals surface area (Å²) >= 11 is 5.84. The van der Waals surface area contributed by atoms with Gasteiger partial charge in [-0.1, -0.05) is 29.5 Å². The molecule has 0 unspecified atom stereocenters. The summed E-state index contributed by atoms with van der Waals surface area (Å²) in [5, 5.41) is 14.9. The molecule has 0 radical (unpaired) electrons. The van der Waals surface area contributed by atoms with Crippen LogP contribution in [-0.2, 0) is 0 Å². The summed E-state index contributed by atoms with van der Waals surface area (Å²) in [5.74, 6) is 5.81. The molecule has 158 valence electrons. The Hall–Kier alpha value is -3.28. The molecule has 0 bridgehead atoms. The first kappa shape index (κ1) is 21.0. The lowest BCUT2D eigenvalue weighted by Crippen LogP contribution is -2.20. The maximum Gasteiger partial charge on any atom is 0.285 e. The van der Waals surface area contributed by atoms with Gasteiger partial charge in [0.1, 0.15) is 17.7 Å². The van der Waals surface area contributed by atoms with Crippen molar-refractivity contribution < 1.29 is 9.31 Å². The van der Waals surface area contributed by atoms with Crippen molar-refractivity contribution in [3.05, 3.63) is 63.2 Å². The fourth-order valence-electron chi connectivity index (χ4n) is 3.68. The molecule has 0 saturated carbocycles. The summed E-state index contributed by atoms with van der Waals surface area (Å²) in [7, 11) is 2.03. The Balaban J connectivity index is 1.78. The topological polar surface area (TPSA) is 84.2 Å². The van der Waals surface area contributed by atoms with E-state index in [0.717, 1.165) is 19.5 Å². The molecular weight excluding hydrogens is 421 g/mol. The van der Waals surface area contributed by atoms with Crippen LogP contribution in [0.4, 0.5) is 21.6 Å². The molecule has 2 heterocycles. The number of nitrogens with one attached hydrogen (secondary N) is 1. The zero-order valence-corrected chi connectivity index (χ0v) is 17.7. The predicted molar refractivity (Wildman–Crippen MR) is 118 cm³/mol. The average molecular weight is 440 g/mol. The number of hydrogen-bond donors (Lipinski definition) is 1. The van der Waals surface area contributed by atoms with Crippen molar-refractivity contribution in [3.8, 4) is 11.8 Å². The Morgan fingerprint density at radius 1 is 1.35 bits per heavy atom. The van der Waals surface area contributed by atoms with Crippen LogP contribution >= 0.6 is 11.6 Å². The molecule has 1 aliphatic rings. The lowest BCUT2D eigenvalue weighted by atomic mass is 9.90. The summed E-state index contributed by atoms with van der Waals surface area (Å²) in [6, 6.07) is 7.46. The Bertz CT molecular complexity index is 1260. The second-order valence-corrected chi connectivity index (χ2v) is 8.30. The number of rotatable bonds is 3. The largest absolute Gasteiger partial charge is 0.337 e. The number of nitro benzene ring substituents is 1. The standard InChI is InChI=1S/C22H19ClFN5O2/c1-22(8-9-28(2)12-22)7-6-14-10-18-15(11-19(14)29(30)31)21(26-13-25-18)27-17-5-3-4-16(23)20(17)24/h3-5,10-11,13H,8-9,12H2,1-2H3,(H,25,26,27)/t22-/m0/s1. The van der Waals surface area contributed by atoms with E-state index in [2.05, 4.69) is 38.9 Å². The van der Waals surface area contributed by atoms with Crippen molar-refractivity contribution in [2.24, 2.45) is 5.41 Å². The van der Waals surface area contributed by atoms with Crippen molar-refractivity contribution in [1.29, 1.82) is 0 Å². The molecule has 4 rings (SSSR count). The molecule has 1 atom stereocenters. The van der Waals surface area contributed by atoms with E-state index in [-0.39, 0.29) is 33.2 Å². The third-order valence-corrected chi connectivity index (χ3v) is 5.61. The van der Waals surface area contributed by atoms with Gasteiger partial charge in [-0.2, -0.15) is 0 Å². The van der Waals surface area contributed by atoms with Crippen LogP contribution in [0.2, 0.25) is 5.02 Å². The first-order valence-corrected chi connectivity index (χ1v) is 9.99. The number of fused-ring (bicyclic) bond motifs is 1. The average Bonchev–Trinajstić information content (AvgIpc) is 3.08. The summed E-state index contributed by atoms with van der Waals surface area (Å²) in [4.78, 5) is 21.8. The van der Waals surface area contributed by atoms with E-state index in [1.807, 2.05) is 7.05 Å². The highest BCUT2D eigenvalue weighted by atomic mass is 35.5. The van der Waals surface area contributed by atoms with E-state index >= 15 is 0 Å². The molecule has 31 heavy (non-hydrogen) atoms. The number of anilines is 2. The first-order chi connectivity index (χ1) is 14.8. The van der Waals surface area contributed by atoms with Gasteiger partial charge >= 0.3 is 0 Å². The number of nitro groups is 1. The summed E-state index contributed by atoms with van der Waals surface area (Å²) < 4.78 is 14.3. The fourth-order valence-corrected chi connectivity index (χ4v) is 3.86. The third kappa shape index (κ3) is 4.29. The molecule has 1 aromatic heterocycles. The number of nitrogens with zero attached hydrogens (tertiary/aromatic N) is 4. The van der Waals surface area contributed by atoms with Crippen LogP contribution in [0, 0.1) is 33.2 Å². The van der Waals surface area contributed by atoms with Crippen LogP contribution in [0.5, 0.6) is 0 Å². The van der Waals surface area contributed by atoms with Gasteiger partial charge in [0.15, 0.2) is 5.82 Å². The smallest absolute Gasteiger partial charge is 0.285 e. The molecule has 7 nitrogen and oxygen atoms in total. The minimum absolute atomic E-state index is 0.0436. The lowest BCUT2D eigenvalue weighted by molar-refractivity contribution is -0.385. The monoisotopic (exact) mass is 439 g/mol. The van der Waals surface area contributed by atoms with Crippen LogP contribution in [0.1, 0.15) is 18.9 Å². The minimum atomic E-state index is -0.636. The Kier molecular flexibility index (Phi) is 5.48. The first-order valence-electron chi connectivity index (χ1n) is 9.62. The van der Waals surface area contributed by atoms with E-state index in [1.165, 1.54) is 24.5 Å². The highest BCUT2D eigenvalue weighted by Crippen LogP contribution is 2.32. The lowest BCUT2D eigenvalue weighted by Gasteiger charge is -2.15. The molecule has 0 spiro atoms. The SMILES string of the molecule is CN1CC[C@](C)(C#Cc2cc3ncnc(Nc4cccc(Cl)c4F)c3cc2[N+](=O)[O-])C1.